The maximum Gasteiger partial charge on any atom is 0.410 e. The fourth-order valence-corrected chi connectivity index (χ4v) is 3.48. The van der Waals surface area contributed by atoms with Crippen molar-refractivity contribution in [3.8, 4) is 0 Å². The Kier molecular flexibility index (Phi) is 4.77. The molecule has 1 aromatic heterocycles. The molecule has 1 aliphatic carbocycles. The standard InChI is InChI=1S/C21H29N5O2/c1-21(2,3)28-20(27)26-12-11-15(13-26)25(4)19-18(22-14-9-10-14)23-16-7-5-6-8-17(16)24-19/h5-8,14-15H,9-13H2,1-4H3,(H,22,23)/t15-/m1/s1. The number of ether oxygens (including phenoxy) is 1. The van der Waals surface area contributed by atoms with Gasteiger partial charge in [-0.3, -0.25) is 0 Å². The van der Waals surface area contributed by atoms with Crippen molar-refractivity contribution in [2.75, 3.05) is 30.4 Å². The Morgan fingerprint density at radius 2 is 1.86 bits per heavy atom. The number of anilines is 2. The Labute approximate surface area is 166 Å². The summed E-state index contributed by atoms with van der Waals surface area (Å²) in [7, 11) is 2.04. The zero-order chi connectivity index (χ0) is 19.9. The molecule has 1 N–H and O–H groups in total. The van der Waals surface area contributed by atoms with Gasteiger partial charge in [-0.15, -0.1) is 0 Å². The average Bonchev–Trinajstić information content (AvgIpc) is 3.30. The van der Waals surface area contributed by atoms with Gasteiger partial charge in [0.25, 0.3) is 0 Å². The lowest BCUT2D eigenvalue weighted by Gasteiger charge is -2.28. The number of benzene rings is 1. The van der Waals surface area contributed by atoms with Gasteiger partial charge < -0.3 is 19.9 Å². The van der Waals surface area contributed by atoms with Crippen molar-refractivity contribution in [1.82, 2.24) is 14.9 Å². The Morgan fingerprint density at radius 3 is 2.50 bits per heavy atom. The minimum Gasteiger partial charge on any atom is -0.444 e. The van der Waals surface area contributed by atoms with E-state index in [9.17, 15) is 4.79 Å². The first-order chi connectivity index (χ1) is 13.3. The molecule has 1 atom stereocenters. The summed E-state index contributed by atoms with van der Waals surface area (Å²) in [5.41, 5.74) is 1.30. The number of nitrogens with one attached hydrogen (secondary N) is 1. The number of rotatable bonds is 4. The highest BCUT2D eigenvalue weighted by molar-refractivity contribution is 5.80. The molecular formula is C21H29N5O2. The minimum atomic E-state index is -0.480. The molecule has 2 fully saturated rings. The van der Waals surface area contributed by atoms with Crippen LogP contribution < -0.4 is 10.2 Å². The van der Waals surface area contributed by atoms with Gasteiger partial charge in [0, 0.05) is 32.2 Å². The van der Waals surface area contributed by atoms with Crippen LogP contribution in [0, 0.1) is 0 Å². The maximum atomic E-state index is 12.4. The van der Waals surface area contributed by atoms with Crippen molar-refractivity contribution in [3.05, 3.63) is 24.3 Å². The molecule has 0 bridgehead atoms. The molecule has 1 amide bonds. The second-order valence-corrected chi connectivity index (χ2v) is 8.78. The summed E-state index contributed by atoms with van der Waals surface area (Å²) in [6.07, 6.45) is 2.98. The second-order valence-electron chi connectivity index (χ2n) is 8.78. The highest BCUT2D eigenvalue weighted by Crippen LogP contribution is 2.32. The molecule has 0 radical (unpaired) electrons. The number of carbonyl (C=O) groups is 1. The zero-order valence-electron chi connectivity index (χ0n) is 17.1. The second kappa shape index (κ2) is 7.11. The van der Waals surface area contributed by atoms with Crippen molar-refractivity contribution in [1.29, 1.82) is 0 Å². The van der Waals surface area contributed by atoms with Crippen LogP contribution in [0.2, 0.25) is 0 Å². The molecule has 2 aromatic rings. The topological polar surface area (TPSA) is 70.6 Å². The van der Waals surface area contributed by atoms with Crippen LogP contribution >= 0.6 is 0 Å². The SMILES string of the molecule is CN(c1nc2ccccc2nc1NC1CC1)[C@@H]1CCN(C(=O)OC(C)(C)C)C1. The largest absolute Gasteiger partial charge is 0.444 e. The van der Waals surface area contributed by atoms with Crippen LogP contribution in [0.5, 0.6) is 0 Å². The number of likely N-dealkylation sites (tertiary alicyclic amines) is 1. The van der Waals surface area contributed by atoms with E-state index in [1.807, 2.05) is 52.1 Å². The molecule has 150 valence electrons. The third kappa shape index (κ3) is 4.13. The first-order valence-corrected chi connectivity index (χ1v) is 10.0. The van der Waals surface area contributed by atoms with Gasteiger partial charge in [0.2, 0.25) is 0 Å². The van der Waals surface area contributed by atoms with Crippen LogP contribution in [0.1, 0.15) is 40.0 Å². The fourth-order valence-electron chi connectivity index (χ4n) is 3.48. The lowest BCUT2D eigenvalue weighted by atomic mass is 10.2. The average molecular weight is 383 g/mol. The molecule has 2 heterocycles. The first kappa shape index (κ1) is 18.8. The van der Waals surface area contributed by atoms with Crippen LogP contribution in [-0.4, -0.2) is 58.8 Å². The third-order valence-corrected chi connectivity index (χ3v) is 5.17. The number of hydrogen-bond acceptors (Lipinski definition) is 6. The molecule has 7 nitrogen and oxygen atoms in total. The van der Waals surface area contributed by atoms with Gasteiger partial charge in [0.15, 0.2) is 11.6 Å². The van der Waals surface area contributed by atoms with Crippen LogP contribution in [0.4, 0.5) is 16.4 Å². The van der Waals surface area contributed by atoms with Crippen LogP contribution in [0.25, 0.3) is 11.0 Å². The van der Waals surface area contributed by atoms with Gasteiger partial charge in [0.05, 0.1) is 11.0 Å². The normalized spacial score (nSPS) is 19.7. The number of carbonyl (C=O) groups excluding carboxylic acids is 1. The summed E-state index contributed by atoms with van der Waals surface area (Å²) >= 11 is 0. The summed E-state index contributed by atoms with van der Waals surface area (Å²) in [5.74, 6) is 1.68. The Hall–Kier alpha value is -2.57. The van der Waals surface area contributed by atoms with Crippen LogP contribution in [0.3, 0.4) is 0 Å². The van der Waals surface area contributed by atoms with E-state index in [0.29, 0.717) is 19.1 Å². The summed E-state index contributed by atoms with van der Waals surface area (Å²) < 4.78 is 5.53. The van der Waals surface area contributed by atoms with Crippen LogP contribution in [0.15, 0.2) is 24.3 Å². The number of hydrogen-bond donors (Lipinski definition) is 1. The summed E-state index contributed by atoms with van der Waals surface area (Å²) in [6.45, 7) is 7.00. The monoisotopic (exact) mass is 383 g/mol. The van der Waals surface area contributed by atoms with Gasteiger partial charge in [-0.1, -0.05) is 12.1 Å². The van der Waals surface area contributed by atoms with E-state index < -0.39 is 5.60 Å². The smallest absolute Gasteiger partial charge is 0.410 e. The van der Waals surface area contributed by atoms with E-state index in [2.05, 4.69) is 10.2 Å². The summed E-state index contributed by atoms with van der Waals surface area (Å²) in [5, 5.41) is 3.53. The maximum absolute atomic E-state index is 12.4. The number of likely N-dealkylation sites (N-methyl/N-ethyl adjacent to an activating group) is 1. The van der Waals surface area contributed by atoms with Gasteiger partial charge in [-0.2, -0.15) is 0 Å². The van der Waals surface area contributed by atoms with E-state index in [-0.39, 0.29) is 12.1 Å². The predicted molar refractivity (Wildman–Crippen MR) is 111 cm³/mol. The number of fused-ring (bicyclic) bond motifs is 1. The first-order valence-electron chi connectivity index (χ1n) is 10.0. The van der Waals surface area contributed by atoms with E-state index >= 15 is 0 Å². The number of para-hydroxylation sites is 2. The molecule has 1 aliphatic heterocycles. The van der Waals surface area contributed by atoms with Gasteiger partial charge in [-0.05, 0) is 52.2 Å². The van der Waals surface area contributed by atoms with E-state index in [1.54, 1.807) is 4.90 Å². The minimum absolute atomic E-state index is 0.183. The highest BCUT2D eigenvalue weighted by Gasteiger charge is 2.34. The Morgan fingerprint density at radius 1 is 1.18 bits per heavy atom. The molecule has 0 unspecified atom stereocenters. The Balaban J connectivity index is 1.55. The van der Waals surface area contributed by atoms with Gasteiger partial charge >= 0.3 is 6.09 Å². The van der Waals surface area contributed by atoms with Gasteiger partial charge in [-0.25, -0.2) is 14.8 Å². The molecule has 1 saturated heterocycles. The molecule has 7 heteroatoms. The molecule has 4 rings (SSSR count). The van der Waals surface area contributed by atoms with E-state index in [0.717, 1.165) is 29.1 Å². The molecule has 28 heavy (non-hydrogen) atoms. The molecule has 1 aromatic carbocycles. The lowest BCUT2D eigenvalue weighted by Crippen LogP contribution is -2.39. The van der Waals surface area contributed by atoms with Crippen LogP contribution in [-0.2, 0) is 4.74 Å². The molecule has 2 aliphatic rings. The van der Waals surface area contributed by atoms with Crippen molar-refractivity contribution in [2.45, 2.75) is 57.7 Å². The lowest BCUT2D eigenvalue weighted by molar-refractivity contribution is 0.0292. The molecule has 0 spiro atoms. The number of aromatic nitrogens is 2. The Bertz CT molecular complexity index is 875. The summed E-state index contributed by atoms with van der Waals surface area (Å²) in [6, 6.07) is 8.62. The van der Waals surface area contributed by atoms with Crippen molar-refractivity contribution in [2.24, 2.45) is 0 Å². The number of nitrogens with zero attached hydrogens (tertiary/aromatic N) is 4. The fraction of sp³-hybridized carbons (Fsp3) is 0.571. The van der Waals surface area contributed by atoms with Crippen molar-refractivity contribution < 1.29 is 9.53 Å². The van der Waals surface area contributed by atoms with E-state index in [4.69, 9.17) is 14.7 Å². The third-order valence-electron chi connectivity index (χ3n) is 5.17. The molecule has 1 saturated carbocycles. The van der Waals surface area contributed by atoms with E-state index in [1.165, 1.54) is 12.8 Å². The zero-order valence-corrected chi connectivity index (χ0v) is 17.1. The quantitative estimate of drug-likeness (QED) is 0.869. The van der Waals surface area contributed by atoms with Crippen molar-refractivity contribution >= 4 is 28.8 Å². The van der Waals surface area contributed by atoms with Gasteiger partial charge in [0.1, 0.15) is 5.60 Å². The molecular weight excluding hydrogens is 354 g/mol. The number of amides is 1. The van der Waals surface area contributed by atoms with Crippen molar-refractivity contribution in [3.63, 3.8) is 0 Å². The predicted octanol–water partition coefficient (Wildman–Crippen LogP) is 3.65. The highest BCUT2D eigenvalue weighted by atomic mass is 16.6. The summed E-state index contributed by atoms with van der Waals surface area (Å²) in [4.78, 5) is 26.1.